The Labute approximate surface area is 802 Å². The molecule has 0 aliphatic carbocycles. The minimum absolute atomic E-state index is 0. The van der Waals surface area contributed by atoms with Gasteiger partial charge in [0.15, 0.2) is 22.8 Å². The number of nitrogens with two attached hydrogens (primary N) is 2. The third kappa shape index (κ3) is 23.4. The van der Waals surface area contributed by atoms with Crippen LogP contribution in [0, 0.1) is 13.8 Å². The fraction of sp³-hybridized carbons (Fsp3) is 0.178. The molecule has 0 radical (unpaired) electrons. The summed E-state index contributed by atoms with van der Waals surface area (Å²) in [5.74, 6) is 9.42. The number of furan rings is 1. The minimum atomic E-state index is -0.218. The number of anilines is 5. The number of ether oxygens (including phenoxy) is 5. The molecule has 7 aromatic heterocycles. The number of hydrogen-bond acceptors (Lipinski definition) is 22. The molecule has 10 heterocycles. The molecule has 0 spiro atoms. The van der Waals surface area contributed by atoms with Crippen LogP contribution in [0.1, 0.15) is 80.3 Å². The molecule has 694 valence electrons. The maximum atomic E-state index is 12.3. The van der Waals surface area contributed by atoms with E-state index in [2.05, 4.69) is 82.4 Å². The Kier molecular flexibility index (Phi) is 31.1. The normalized spacial score (nSPS) is 14.4. The van der Waals surface area contributed by atoms with Gasteiger partial charge in [-0.1, -0.05) is 154 Å². The predicted molar refractivity (Wildman–Crippen MR) is 537 cm³/mol. The summed E-state index contributed by atoms with van der Waals surface area (Å²) in [5, 5.41) is 20.7. The van der Waals surface area contributed by atoms with Gasteiger partial charge in [0.2, 0.25) is 23.6 Å². The van der Waals surface area contributed by atoms with Gasteiger partial charge in [-0.15, -0.1) is 0 Å². The third-order valence-corrected chi connectivity index (χ3v) is 23.9. The first-order valence-electron chi connectivity index (χ1n) is 44.3. The van der Waals surface area contributed by atoms with Crippen LogP contribution in [0.25, 0.3) is 61.2 Å². The number of piperidine rings is 3. The van der Waals surface area contributed by atoms with Crippen molar-refractivity contribution in [3.8, 4) is 91.1 Å². The number of benzene rings is 9. The standard InChI is InChI=1S/C29H22N2O4.C28H27Cl2N5O2.C25H24N6O2.C24H25N5O2.CH4/c1-2-28(32)31-19-20-7-6-8-21(17-20)27-18-25-29(35-27)26(15-16-30-25)34-24-13-11-23(12-14-24)33-22-9-4-3-5-10-22;1-4-23(36)34-11-5-6-19(14-34)26-25(30)24(27-28(31)32-15-33-35(26)27)18-8-10-22(17(3)12-18)37-20-9-7-16(2)21(29)13-20;1-2-23(32)30-14-6-7-19(16-30)31-25-22(15-28-31)24(26-17-27-25)29-18-10-12-21(13-11-18)33-20-8-4-3-5-9-20;1-2-21(30)29-14-6-7-18(15-29)28-24-22(23(25)26-16-27-24)17-10-12-20(13-11-17)31-19-8-4-3-5-9-19;/h2-18H,1,19H2,(H,31,32);4,7-10,12-13,15,19H,1,5-6,11,14H2,2-3H3,(H2,31,32,33);2-5,8-13,15,17,19H,1,6-7,14,16H2,(H,26,27,29);2-5,8-13,16,18H,1,6-7,14-15H2,(H3,25,26,27,28);1H4/t;;19-;18-;/m..11./s1. The molecular formula is C107H102Cl2N18O10. The van der Waals surface area contributed by atoms with Gasteiger partial charge < -0.3 is 70.2 Å². The average Bonchev–Trinajstić information content (AvgIpc) is 1.58. The number of nitrogens with zero attached hydrogens (tertiary/aromatic N) is 13. The number of nitrogen functional groups attached to an aromatic ring is 2. The van der Waals surface area contributed by atoms with Gasteiger partial charge >= 0.3 is 0 Å². The molecule has 3 atom stereocenters. The molecule has 3 saturated heterocycles. The Morgan fingerprint density at radius 3 is 1.69 bits per heavy atom. The van der Waals surface area contributed by atoms with Crippen molar-refractivity contribution in [3.63, 3.8) is 0 Å². The number of pyridine rings is 1. The summed E-state index contributed by atoms with van der Waals surface area (Å²) in [6.45, 7) is 22.5. The number of carbonyl (C=O) groups is 4. The van der Waals surface area contributed by atoms with E-state index in [0.717, 1.165) is 147 Å². The number of fused-ring (bicyclic) bond motifs is 3. The van der Waals surface area contributed by atoms with E-state index in [9.17, 15) is 19.2 Å². The Morgan fingerprint density at radius 2 is 1.06 bits per heavy atom. The van der Waals surface area contributed by atoms with Crippen molar-refractivity contribution >= 4 is 103 Å². The van der Waals surface area contributed by atoms with Gasteiger partial charge in [-0.25, -0.2) is 34.1 Å². The van der Waals surface area contributed by atoms with E-state index in [1.807, 2.05) is 248 Å². The molecule has 1 unspecified atom stereocenters. The third-order valence-electron chi connectivity index (χ3n) is 23.1. The van der Waals surface area contributed by atoms with E-state index in [1.54, 1.807) is 38.8 Å². The number of rotatable bonds is 25. The minimum Gasteiger partial charge on any atom is -0.457 e. The van der Waals surface area contributed by atoms with Gasteiger partial charge in [-0.3, -0.25) is 24.2 Å². The maximum Gasteiger partial charge on any atom is 0.246 e. The van der Waals surface area contributed by atoms with Crippen LogP contribution in [0.3, 0.4) is 0 Å². The number of amides is 4. The van der Waals surface area contributed by atoms with Gasteiger partial charge in [0.25, 0.3) is 0 Å². The zero-order valence-electron chi connectivity index (χ0n) is 74.8. The van der Waals surface area contributed by atoms with Crippen LogP contribution in [0.15, 0.2) is 323 Å². The smallest absolute Gasteiger partial charge is 0.246 e. The average molecular weight is 1870 g/mol. The van der Waals surface area contributed by atoms with E-state index in [0.29, 0.717) is 117 Å². The Bertz CT molecular complexity index is 6990. The summed E-state index contributed by atoms with van der Waals surface area (Å²) >= 11 is 13.4. The number of hydrogen-bond donors (Lipinski definition) is 5. The molecule has 7 N–H and O–H groups in total. The Morgan fingerprint density at radius 1 is 0.496 bits per heavy atom. The van der Waals surface area contributed by atoms with Crippen LogP contribution in [0.5, 0.6) is 57.5 Å². The predicted octanol–water partition coefficient (Wildman–Crippen LogP) is 22.9. The molecule has 9 aromatic carbocycles. The van der Waals surface area contributed by atoms with E-state index < -0.39 is 0 Å². The fourth-order valence-electron chi connectivity index (χ4n) is 16.3. The Hall–Kier alpha value is -16.5. The zero-order valence-corrected chi connectivity index (χ0v) is 76.3. The second-order valence-electron chi connectivity index (χ2n) is 32.3. The molecule has 3 aliphatic rings. The summed E-state index contributed by atoms with van der Waals surface area (Å²) < 4.78 is 39.6. The second-order valence-corrected chi connectivity index (χ2v) is 33.1. The number of carbonyl (C=O) groups excluding carboxylic acids is 4. The number of likely N-dealkylation sites (tertiary alicyclic amines) is 3. The summed E-state index contributed by atoms with van der Waals surface area (Å²) in [6.07, 6.45) is 18.6. The molecule has 3 aliphatic heterocycles. The van der Waals surface area contributed by atoms with Crippen LogP contribution in [0.2, 0.25) is 10.0 Å². The highest BCUT2D eigenvalue weighted by Crippen LogP contribution is 2.46. The van der Waals surface area contributed by atoms with Crippen molar-refractivity contribution in [3.05, 3.63) is 351 Å². The molecule has 3 fully saturated rings. The molecule has 137 heavy (non-hydrogen) atoms. The monoisotopic (exact) mass is 1870 g/mol. The SMILES string of the molecule is C.C=CC(=O)N1CCCC(c2c(Cl)c(-c3ccc(Oc4ccc(C)c(Cl)c4)c(C)c3)c3c(N)ncnn23)C1.C=CC(=O)N1CCC[C@@H](Nc2ncnc(N)c2-c2ccc(Oc3ccccc3)cc2)C1.C=CC(=O)N1CCC[C@@H](n2ncc3c(Nc4ccc(Oc5ccccc5)cc4)ncnc32)C1.C=CC(=O)NCc1cccc(-c2cc3nccc(Oc4ccc(Oc5ccccc5)cc4)c3o2)c1. The first kappa shape index (κ1) is 95.2. The lowest BCUT2D eigenvalue weighted by Gasteiger charge is -2.33. The lowest BCUT2D eigenvalue weighted by Crippen LogP contribution is -2.44. The van der Waals surface area contributed by atoms with Crippen molar-refractivity contribution in [2.45, 2.75) is 84.3 Å². The van der Waals surface area contributed by atoms with Crippen molar-refractivity contribution in [2.75, 3.05) is 61.4 Å². The van der Waals surface area contributed by atoms with Gasteiger partial charge in [0.05, 0.1) is 33.9 Å². The number of halogens is 2. The topological polar surface area (TPSA) is 338 Å². The zero-order chi connectivity index (χ0) is 94.6. The van der Waals surface area contributed by atoms with E-state index in [4.69, 9.17) is 62.8 Å². The van der Waals surface area contributed by atoms with E-state index in [1.165, 1.54) is 43.3 Å². The summed E-state index contributed by atoms with van der Waals surface area (Å²) in [7, 11) is 0. The fourth-order valence-corrected chi connectivity index (χ4v) is 16.9. The molecule has 0 bridgehead atoms. The van der Waals surface area contributed by atoms with Crippen LogP contribution in [0.4, 0.5) is 29.0 Å². The van der Waals surface area contributed by atoms with Gasteiger partial charge in [0, 0.05) is 97.9 Å². The second kappa shape index (κ2) is 44.8. The van der Waals surface area contributed by atoms with Gasteiger partial charge in [0.1, 0.15) is 105 Å². The van der Waals surface area contributed by atoms with Crippen molar-refractivity contribution in [1.82, 2.24) is 69.3 Å². The molecule has 4 amide bonds. The number of aryl methyl sites for hydroxylation is 2. The molecule has 30 heteroatoms. The molecule has 28 nitrogen and oxygen atoms in total. The molecule has 16 aromatic rings. The van der Waals surface area contributed by atoms with E-state index in [-0.39, 0.29) is 49.1 Å². The number of aromatic nitrogens is 10. The van der Waals surface area contributed by atoms with E-state index >= 15 is 0 Å². The molecular weight excluding hydrogens is 1770 g/mol. The van der Waals surface area contributed by atoms with Crippen molar-refractivity contribution < 1.29 is 47.3 Å². The number of nitrogens with one attached hydrogen (secondary N) is 3. The summed E-state index contributed by atoms with van der Waals surface area (Å²) in [6, 6.07) is 74.7. The molecule has 0 saturated carbocycles. The van der Waals surface area contributed by atoms with Crippen molar-refractivity contribution in [2.24, 2.45) is 0 Å². The van der Waals surface area contributed by atoms with Crippen molar-refractivity contribution in [1.29, 1.82) is 0 Å². The molecule has 19 rings (SSSR count). The first-order chi connectivity index (χ1) is 66.3. The highest BCUT2D eigenvalue weighted by Gasteiger charge is 2.33. The Balaban J connectivity index is 0.000000139. The highest BCUT2D eigenvalue weighted by atomic mass is 35.5. The first-order valence-corrected chi connectivity index (χ1v) is 45.0. The van der Waals surface area contributed by atoms with Crippen LogP contribution in [-0.2, 0) is 25.7 Å². The quantitative estimate of drug-likeness (QED) is 0.0332. The van der Waals surface area contributed by atoms with Crippen LogP contribution >= 0.6 is 23.2 Å². The van der Waals surface area contributed by atoms with Gasteiger partial charge in [-0.2, -0.15) is 10.2 Å². The lowest BCUT2D eigenvalue weighted by atomic mass is 9.93. The van der Waals surface area contributed by atoms with Crippen LogP contribution in [-0.4, -0.2) is 133 Å². The maximum absolute atomic E-state index is 12.3. The highest BCUT2D eigenvalue weighted by molar-refractivity contribution is 6.35. The number of para-hydroxylation sites is 3. The van der Waals surface area contributed by atoms with Gasteiger partial charge in [-0.05, 0) is 232 Å². The summed E-state index contributed by atoms with van der Waals surface area (Å²) in [5.41, 5.74) is 23.9. The lowest BCUT2D eigenvalue weighted by molar-refractivity contribution is -0.128. The summed E-state index contributed by atoms with van der Waals surface area (Å²) in [4.78, 5) is 79.4. The largest absolute Gasteiger partial charge is 0.457 e. The van der Waals surface area contributed by atoms with Crippen LogP contribution < -0.4 is 51.1 Å².